The zero-order valence-corrected chi connectivity index (χ0v) is 34.0. The zero-order valence-electron chi connectivity index (χ0n) is 34.0. The van der Waals surface area contributed by atoms with Crippen molar-refractivity contribution in [1.82, 2.24) is 0 Å². The van der Waals surface area contributed by atoms with Crippen LogP contribution in [0.4, 0.5) is 0 Å². The van der Waals surface area contributed by atoms with Crippen LogP contribution in [0.3, 0.4) is 0 Å². The lowest BCUT2D eigenvalue weighted by Gasteiger charge is -2.55. The van der Waals surface area contributed by atoms with Crippen LogP contribution in [-0.4, -0.2) is 0 Å². The molecule has 0 aromatic carbocycles. The molecular formula is C49H88. The summed E-state index contributed by atoms with van der Waals surface area (Å²) in [6.45, 7) is 10.2. The smallest absolute Gasteiger partial charge is 0.0326 e. The Hall–Kier alpha value is 0. The Kier molecular flexibility index (Phi) is 15.7. The van der Waals surface area contributed by atoms with Gasteiger partial charge in [-0.25, -0.2) is 0 Å². The fourth-order valence-electron chi connectivity index (χ4n) is 15.2. The van der Waals surface area contributed by atoms with E-state index in [4.69, 9.17) is 0 Å². The van der Waals surface area contributed by atoms with E-state index >= 15 is 0 Å². The van der Waals surface area contributed by atoms with Gasteiger partial charge in [0, 0.05) is 0 Å². The topological polar surface area (TPSA) is 0 Å². The molecule has 0 spiro atoms. The molecule has 9 atom stereocenters. The third kappa shape index (κ3) is 10.2. The van der Waals surface area contributed by atoms with E-state index in [-0.39, 0.29) is 0 Å². The second kappa shape index (κ2) is 19.9. The Bertz CT molecular complexity index is 882. The Morgan fingerprint density at radius 2 is 1.16 bits per heavy atom. The molecule has 0 heteroatoms. The first-order chi connectivity index (χ1) is 24.1. The van der Waals surface area contributed by atoms with E-state index in [1.807, 2.05) is 0 Å². The van der Waals surface area contributed by atoms with Crippen molar-refractivity contribution >= 4 is 0 Å². The largest absolute Gasteiger partial charge is 0.0654 e. The maximum absolute atomic E-state index is 2.73. The molecule has 0 aromatic rings. The standard InChI is InChI=1S/C49H88/c1-5-16-37(6-2)17-11-12-18-38-25-27-39(28-26-38)36(4)35-44-22-15-21-43-33-34-48(45(7-3)49(43)44)47-24-14-13-23-46(47)42-31-29-41(30-32-42)40-19-9-8-10-20-40/h36-49H,5-35H2,1-4H3. The van der Waals surface area contributed by atoms with Crippen molar-refractivity contribution in [2.24, 2.45) is 82.9 Å². The molecule has 284 valence electrons. The highest BCUT2D eigenvalue weighted by atomic mass is 14.5. The maximum atomic E-state index is 2.73. The van der Waals surface area contributed by atoms with Gasteiger partial charge in [-0.05, 0) is 153 Å². The molecule has 0 heterocycles. The van der Waals surface area contributed by atoms with Crippen LogP contribution in [0, 0.1) is 82.9 Å². The Morgan fingerprint density at radius 1 is 0.510 bits per heavy atom. The van der Waals surface area contributed by atoms with Crippen LogP contribution in [0.25, 0.3) is 0 Å². The quantitative estimate of drug-likeness (QED) is 0.151. The van der Waals surface area contributed by atoms with Gasteiger partial charge >= 0.3 is 0 Å². The van der Waals surface area contributed by atoms with Crippen LogP contribution in [-0.2, 0) is 0 Å². The summed E-state index contributed by atoms with van der Waals surface area (Å²) in [5.41, 5.74) is 0. The predicted molar refractivity (Wildman–Crippen MR) is 215 cm³/mol. The monoisotopic (exact) mass is 677 g/mol. The van der Waals surface area contributed by atoms with Crippen LogP contribution in [0.2, 0.25) is 0 Å². The van der Waals surface area contributed by atoms with Crippen LogP contribution in [0.5, 0.6) is 0 Å². The number of unbranched alkanes of at least 4 members (excludes halogenated alkanes) is 1. The lowest BCUT2D eigenvalue weighted by atomic mass is 9.51. The van der Waals surface area contributed by atoms with E-state index in [9.17, 15) is 0 Å². The first kappa shape index (κ1) is 38.7. The maximum Gasteiger partial charge on any atom is -0.0326 e. The SMILES string of the molecule is CCCC(CC)CCCCC1CCC(C(C)CC2CCCC3CCC(C4CCCCC4C4CCC(C5CCCCC5)CC4)C(CC)C32)CC1. The van der Waals surface area contributed by atoms with Gasteiger partial charge in [-0.2, -0.15) is 0 Å². The lowest BCUT2D eigenvalue weighted by molar-refractivity contribution is -0.0518. The zero-order chi connectivity index (χ0) is 34.0. The highest BCUT2D eigenvalue weighted by Gasteiger charge is 2.49. The molecule has 6 saturated carbocycles. The molecule has 6 aliphatic rings. The highest BCUT2D eigenvalue weighted by Crippen LogP contribution is 2.58. The third-order valence-corrected chi connectivity index (χ3v) is 17.9. The van der Waals surface area contributed by atoms with E-state index in [1.54, 1.807) is 135 Å². The Labute approximate surface area is 308 Å². The minimum Gasteiger partial charge on any atom is -0.0654 e. The van der Waals surface area contributed by atoms with Gasteiger partial charge in [0.15, 0.2) is 0 Å². The van der Waals surface area contributed by atoms with Gasteiger partial charge in [0.05, 0.1) is 0 Å². The van der Waals surface area contributed by atoms with Gasteiger partial charge in [-0.1, -0.05) is 156 Å². The van der Waals surface area contributed by atoms with Gasteiger partial charge in [0.25, 0.3) is 0 Å². The summed E-state index contributed by atoms with van der Waals surface area (Å²) < 4.78 is 0. The predicted octanol–water partition coefficient (Wildman–Crippen LogP) is 15.9. The van der Waals surface area contributed by atoms with E-state index < -0.39 is 0 Å². The van der Waals surface area contributed by atoms with Crippen molar-refractivity contribution in [2.75, 3.05) is 0 Å². The second-order valence-electron chi connectivity index (χ2n) is 20.4. The van der Waals surface area contributed by atoms with Crippen molar-refractivity contribution < 1.29 is 0 Å². The van der Waals surface area contributed by atoms with E-state index in [2.05, 4.69) is 27.7 Å². The second-order valence-corrected chi connectivity index (χ2v) is 20.4. The molecule has 6 aliphatic carbocycles. The summed E-state index contributed by atoms with van der Waals surface area (Å²) in [5.74, 6) is 14.9. The summed E-state index contributed by atoms with van der Waals surface area (Å²) >= 11 is 0. The molecule has 9 unspecified atom stereocenters. The number of hydrogen-bond acceptors (Lipinski definition) is 0. The average Bonchev–Trinajstić information content (AvgIpc) is 3.16. The summed E-state index contributed by atoms with van der Waals surface area (Å²) in [4.78, 5) is 0. The minimum atomic E-state index is 0.976. The molecular weight excluding hydrogens is 589 g/mol. The molecule has 49 heavy (non-hydrogen) atoms. The third-order valence-electron chi connectivity index (χ3n) is 17.9. The van der Waals surface area contributed by atoms with Crippen LogP contribution >= 0.6 is 0 Å². The molecule has 0 N–H and O–H groups in total. The minimum absolute atomic E-state index is 0.976. The van der Waals surface area contributed by atoms with E-state index in [0.29, 0.717) is 0 Å². The number of fused-ring (bicyclic) bond motifs is 1. The molecule has 0 aromatic heterocycles. The molecule has 0 amide bonds. The van der Waals surface area contributed by atoms with Crippen molar-refractivity contribution in [1.29, 1.82) is 0 Å². The fraction of sp³-hybridized carbons (Fsp3) is 1.00. The Morgan fingerprint density at radius 3 is 1.88 bits per heavy atom. The van der Waals surface area contributed by atoms with E-state index in [1.165, 1.54) is 64.2 Å². The summed E-state index contributed by atoms with van der Waals surface area (Å²) in [6, 6.07) is 0. The molecule has 0 saturated heterocycles. The first-order valence-electron chi connectivity index (χ1n) is 24.1. The van der Waals surface area contributed by atoms with E-state index in [0.717, 1.165) is 82.9 Å². The molecule has 6 rings (SSSR count). The van der Waals surface area contributed by atoms with Gasteiger partial charge in [0.1, 0.15) is 0 Å². The molecule has 0 radical (unpaired) electrons. The summed E-state index contributed by atoms with van der Waals surface area (Å²) in [6.07, 6.45) is 48.1. The van der Waals surface area contributed by atoms with Gasteiger partial charge < -0.3 is 0 Å². The highest BCUT2D eigenvalue weighted by molar-refractivity contribution is 4.98. The van der Waals surface area contributed by atoms with Crippen LogP contribution < -0.4 is 0 Å². The van der Waals surface area contributed by atoms with Crippen LogP contribution in [0.1, 0.15) is 227 Å². The van der Waals surface area contributed by atoms with Crippen molar-refractivity contribution in [3.8, 4) is 0 Å². The fourth-order valence-corrected chi connectivity index (χ4v) is 15.2. The normalized spacial score (nSPS) is 40.8. The Balaban J connectivity index is 1.01. The number of hydrogen-bond donors (Lipinski definition) is 0. The van der Waals surface area contributed by atoms with Crippen molar-refractivity contribution in [2.45, 2.75) is 227 Å². The summed E-state index contributed by atoms with van der Waals surface area (Å²) in [7, 11) is 0. The molecule has 0 aliphatic heterocycles. The van der Waals surface area contributed by atoms with Crippen molar-refractivity contribution in [3.63, 3.8) is 0 Å². The van der Waals surface area contributed by atoms with Gasteiger partial charge in [0.2, 0.25) is 0 Å². The van der Waals surface area contributed by atoms with Gasteiger partial charge in [-0.15, -0.1) is 0 Å². The van der Waals surface area contributed by atoms with Crippen molar-refractivity contribution in [3.05, 3.63) is 0 Å². The van der Waals surface area contributed by atoms with Gasteiger partial charge in [-0.3, -0.25) is 0 Å². The molecule has 0 nitrogen and oxygen atoms in total. The summed E-state index contributed by atoms with van der Waals surface area (Å²) in [5, 5.41) is 0. The molecule has 0 bridgehead atoms. The molecule has 6 fully saturated rings. The van der Waals surface area contributed by atoms with Crippen LogP contribution in [0.15, 0.2) is 0 Å². The first-order valence-corrected chi connectivity index (χ1v) is 24.1. The number of rotatable bonds is 15. The average molecular weight is 677 g/mol. The lowest BCUT2D eigenvalue weighted by Crippen LogP contribution is -2.46.